The lowest BCUT2D eigenvalue weighted by molar-refractivity contribution is -0.142. The Morgan fingerprint density at radius 2 is 1.87 bits per heavy atom. The van der Waals surface area contributed by atoms with Crippen molar-refractivity contribution in [1.29, 1.82) is 0 Å². The molecule has 0 aliphatic heterocycles. The number of nitrogens with two attached hydrogens (primary N) is 1. The second-order valence-corrected chi connectivity index (χ2v) is 6.03. The summed E-state index contributed by atoms with van der Waals surface area (Å²) in [6, 6.07) is 1.87. The molecule has 0 saturated carbocycles. The number of carbonyl (C=O) groups is 3. The number of carbonyl (C=O) groups excluding carboxylic acids is 3. The topological polar surface area (TPSA) is 111 Å². The first-order valence-corrected chi connectivity index (χ1v) is 7.85. The van der Waals surface area contributed by atoms with Crippen molar-refractivity contribution in [2.24, 2.45) is 5.73 Å². The van der Waals surface area contributed by atoms with Crippen LogP contribution in [0.5, 0.6) is 0 Å². The number of benzene rings is 1. The molecule has 1 aromatic carbocycles. The van der Waals surface area contributed by atoms with E-state index in [0.29, 0.717) is 4.47 Å². The van der Waals surface area contributed by atoms with Gasteiger partial charge >= 0.3 is 5.97 Å². The molecule has 2 amide bonds. The summed E-state index contributed by atoms with van der Waals surface area (Å²) in [6.07, 6.45) is 0. The zero-order valence-electron chi connectivity index (χ0n) is 12.0. The lowest BCUT2D eigenvalue weighted by Gasteiger charge is -2.18. The van der Waals surface area contributed by atoms with Crippen LogP contribution in [-0.4, -0.2) is 44.0 Å². The van der Waals surface area contributed by atoms with Gasteiger partial charge in [-0.3, -0.25) is 9.59 Å². The third kappa shape index (κ3) is 5.65. The van der Waals surface area contributed by atoms with Crippen molar-refractivity contribution in [1.82, 2.24) is 10.6 Å². The average Bonchev–Trinajstić information content (AvgIpc) is 2.49. The van der Waals surface area contributed by atoms with E-state index in [0.717, 1.165) is 7.11 Å². The zero-order valence-corrected chi connectivity index (χ0v) is 15.1. The van der Waals surface area contributed by atoms with Crippen molar-refractivity contribution in [2.75, 3.05) is 20.2 Å². The van der Waals surface area contributed by atoms with E-state index in [4.69, 9.17) is 28.9 Å². The van der Waals surface area contributed by atoms with Gasteiger partial charge in [0.25, 0.3) is 5.91 Å². The normalized spacial score (nSPS) is 11.5. The van der Waals surface area contributed by atoms with Crippen molar-refractivity contribution in [3.05, 3.63) is 32.2 Å². The van der Waals surface area contributed by atoms with Crippen molar-refractivity contribution >= 4 is 56.9 Å². The van der Waals surface area contributed by atoms with Crippen LogP contribution in [0, 0.1) is 0 Å². The molecule has 4 N–H and O–H groups in total. The molecule has 126 valence electrons. The summed E-state index contributed by atoms with van der Waals surface area (Å²) in [5, 5.41) is 5.02. The standard InChI is InChI=1S/C13H14BrCl2N3O4/c1-23-13(22)9(5-18-10(20)4-17)19-12(21)11-7(15)2-6(14)3-8(11)16/h2-3,9H,4-5,17H2,1H3,(H,18,20)(H,19,21)/t9-/m0/s1. The Morgan fingerprint density at radius 1 is 1.30 bits per heavy atom. The molecule has 0 aliphatic rings. The van der Waals surface area contributed by atoms with E-state index < -0.39 is 23.8 Å². The van der Waals surface area contributed by atoms with Gasteiger partial charge in [0.1, 0.15) is 6.04 Å². The van der Waals surface area contributed by atoms with Crippen LogP contribution in [0.2, 0.25) is 10.0 Å². The van der Waals surface area contributed by atoms with Crippen LogP contribution in [0.15, 0.2) is 16.6 Å². The van der Waals surface area contributed by atoms with E-state index >= 15 is 0 Å². The summed E-state index contributed by atoms with van der Waals surface area (Å²) in [5.74, 6) is -1.89. The molecule has 0 unspecified atom stereocenters. The van der Waals surface area contributed by atoms with Gasteiger partial charge in [-0.2, -0.15) is 0 Å². The summed E-state index contributed by atoms with van der Waals surface area (Å²) >= 11 is 15.2. The smallest absolute Gasteiger partial charge is 0.330 e. The van der Waals surface area contributed by atoms with Crippen LogP contribution in [0.25, 0.3) is 0 Å². The SMILES string of the molecule is COC(=O)[C@H](CNC(=O)CN)NC(=O)c1c(Cl)cc(Br)cc1Cl. The largest absolute Gasteiger partial charge is 0.467 e. The van der Waals surface area contributed by atoms with Crippen LogP contribution in [0.3, 0.4) is 0 Å². The van der Waals surface area contributed by atoms with E-state index in [2.05, 4.69) is 31.3 Å². The number of hydrogen-bond acceptors (Lipinski definition) is 5. The van der Waals surface area contributed by atoms with Crippen LogP contribution >= 0.6 is 39.1 Å². The van der Waals surface area contributed by atoms with Crippen LogP contribution in [-0.2, 0) is 14.3 Å². The molecule has 1 aromatic rings. The Hall–Kier alpha value is -1.35. The second-order valence-electron chi connectivity index (χ2n) is 4.30. The molecule has 7 nitrogen and oxygen atoms in total. The summed E-state index contributed by atoms with van der Waals surface area (Å²) in [5.41, 5.74) is 5.17. The predicted molar refractivity (Wildman–Crippen MR) is 89.5 cm³/mol. The highest BCUT2D eigenvalue weighted by Gasteiger charge is 2.25. The molecular weight excluding hydrogens is 413 g/mol. The Labute approximate surface area is 150 Å². The van der Waals surface area contributed by atoms with E-state index in [9.17, 15) is 14.4 Å². The van der Waals surface area contributed by atoms with Crippen LogP contribution in [0.1, 0.15) is 10.4 Å². The van der Waals surface area contributed by atoms with E-state index in [1.54, 1.807) is 0 Å². The first kappa shape index (κ1) is 19.7. The molecule has 23 heavy (non-hydrogen) atoms. The fourth-order valence-electron chi connectivity index (χ4n) is 1.61. The minimum absolute atomic E-state index is 0.00980. The van der Waals surface area contributed by atoms with Crippen molar-refractivity contribution < 1.29 is 19.1 Å². The van der Waals surface area contributed by atoms with E-state index in [1.165, 1.54) is 12.1 Å². The Bertz CT molecular complexity index is 604. The molecule has 0 heterocycles. The number of halogens is 3. The van der Waals surface area contributed by atoms with Gasteiger partial charge in [0.2, 0.25) is 5.91 Å². The molecule has 0 fully saturated rings. The number of hydrogen-bond donors (Lipinski definition) is 3. The Morgan fingerprint density at radius 3 is 2.35 bits per heavy atom. The summed E-state index contributed by atoms with van der Waals surface area (Å²) < 4.78 is 5.19. The quantitative estimate of drug-likeness (QED) is 0.590. The molecule has 0 aliphatic carbocycles. The monoisotopic (exact) mass is 425 g/mol. The number of esters is 1. The van der Waals surface area contributed by atoms with Gasteiger partial charge in [0.15, 0.2) is 0 Å². The summed E-state index contributed by atoms with van der Waals surface area (Å²) in [4.78, 5) is 35.2. The number of ether oxygens (including phenoxy) is 1. The summed E-state index contributed by atoms with van der Waals surface area (Å²) in [6.45, 7) is -0.424. The molecule has 1 atom stereocenters. The molecule has 0 spiro atoms. The zero-order chi connectivity index (χ0) is 17.6. The van der Waals surface area contributed by atoms with Crippen molar-refractivity contribution in [2.45, 2.75) is 6.04 Å². The Kier molecular flexibility index (Phi) is 7.77. The maximum absolute atomic E-state index is 12.3. The van der Waals surface area contributed by atoms with Gasteiger partial charge in [0.05, 0.1) is 29.3 Å². The maximum Gasteiger partial charge on any atom is 0.330 e. The van der Waals surface area contributed by atoms with Crippen molar-refractivity contribution in [3.63, 3.8) is 0 Å². The minimum atomic E-state index is -1.11. The number of methoxy groups -OCH3 is 1. The lowest BCUT2D eigenvalue weighted by atomic mass is 10.2. The van der Waals surface area contributed by atoms with Gasteiger partial charge in [-0.05, 0) is 12.1 Å². The van der Waals surface area contributed by atoms with Gasteiger partial charge in [-0.15, -0.1) is 0 Å². The highest BCUT2D eigenvalue weighted by molar-refractivity contribution is 9.10. The number of rotatable bonds is 6. The van der Waals surface area contributed by atoms with E-state index in [1.807, 2.05) is 0 Å². The van der Waals surface area contributed by atoms with Gasteiger partial charge in [0, 0.05) is 11.0 Å². The predicted octanol–water partition coefficient (Wildman–Crippen LogP) is 1.10. The number of amides is 2. The van der Waals surface area contributed by atoms with Gasteiger partial charge in [-0.25, -0.2) is 4.79 Å². The first-order chi connectivity index (χ1) is 10.8. The maximum atomic E-state index is 12.3. The minimum Gasteiger partial charge on any atom is -0.467 e. The molecule has 1 rings (SSSR count). The highest BCUT2D eigenvalue weighted by atomic mass is 79.9. The van der Waals surface area contributed by atoms with Crippen LogP contribution in [0.4, 0.5) is 0 Å². The second kappa shape index (κ2) is 9.07. The third-order valence-electron chi connectivity index (χ3n) is 2.71. The fourth-order valence-corrected chi connectivity index (χ4v) is 2.99. The lowest BCUT2D eigenvalue weighted by Crippen LogP contribution is -2.49. The molecule has 0 bridgehead atoms. The molecule has 0 radical (unpaired) electrons. The Balaban J connectivity index is 2.93. The van der Waals surface area contributed by atoms with Crippen LogP contribution < -0.4 is 16.4 Å². The van der Waals surface area contributed by atoms with Gasteiger partial charge < -0.3 is 21.1 Å². The molecule has 0 aromatic heterocycles. The van der Waals surface area contributed by atoms with Crippen molar-refractivity contribution in [3.8, 4) is 0 Å². The molecule has 10 heteroatoms. The fraction of sp³-hybridized carbons (Fsp3) is 0.308. The van der Waals surface area contributed by atoms with E-state index in [-0.39, 0.29) is 28.7 Å². The number of nitrogens with one attached hydrogen (secondary N) is 2. The first-order valence-electron chi connectivity index (χ1n) is 6.30. The third-order valence-corrected chi connectivity index (χ3v) is 3.77. The summed E-state index contributed by atoms with van der Waals surface area (Å²) in [7, 11) is 1.16. The van der Waals surface area contributed by atoms with Gasteiger partial charge in [-0.1, -0.05) is 39.1 Å². The average molecular weight is 427 g/mol. The molecule has 0 saturated heterocycles. The highest BCUT2D eigenvalue weighted by Crippen LogP contribution is 2.29. The molecular formula is C13H14BrCl2N3O4.